The monoisotopic (exact) mass is 349 g/mol. The summed E-state index contributed by atoms with van der Waals surface area (Å²) in [5.41, 5.74) is 2.82. The second kappa shape index (κ2) is 6.45. The Hall–Kier alpha value is -1.66. The quantitative estimate of drug-likeness (QED) is 0.902. The summed E-state index contributed by atoms with van der Waals surface area (Å²) < 4.78 is 23.1. The van der Waals surface area contributed by atoms with E-state index in [-0.39, 0.29) is 10.1 Å². The van der Waals surface area contributed by atoms with Crippen molar-refractivity contribution in [1.82, 2.24) is 5.32 Å². The highest BCUT2D eigenvalue weighted by molar-refractivity contribution is 7.92. The lowest BCUT2D eigenvalue weighted by atomic mass is 9.98. The molecule has 0 unspecified atom stereocenters. The van der Waals surface area contributed by atoms with Crippen molar-refractivity contribution in [1.29, 1.82) is 0 Å². The van der Waals surface area contributed by atoms with Crippen LogP contribution in [0.3, 0.4) is 0 Å². The van der Waals surface area contributed by atoms with Gasteiger partial charge in [0.1, 0.15) is 4.21 Å². The Kier molecular flexibility index (Phi) is 4.55. The van der Waals surface area contributed by atoms with Crippen LogP contribution in [0, 0.1) is 0 Å². The van der Waals surface area contributed by atoms with Crippen LogP contribution in [0.1, 0.15) is 39.6 Å². The Morgan fingerprint density at radius 3 is 2.78 bits per heavy atom. The van der Waals surface area contributed by atoms with E-state index in [9.17, 15) is 13.2 Å². The zero-order chi connectivity index (χ0) is 16.4. The zero-order valence-electron chi connectivity index (χ0n) is 12.9. The standard InChI is InChI=1S/C17H19NO3S2/c1-23(20,21)16-9-8-15(22-16)17(19)18-11-10-13-7-6-12-4-2-3-5-14(12)13/h2-5,8-9,13H,6-7,10-11H2,1H3,(H,18,19)/t13-/m1/s1. The highest BCUT2D eigenvalue weighted by atomic mass is 32.2. The summed E-state index contributed by atoms with van der Waals surface area (Å²) in [6.45, 7) is 0.601. The maximum atomic E-state index is 12.1. The highest BCUT2D eigenvalue weighted by Crippen LogP contribution is 2.34. The lowest BCUT2D eigenvalue weighted by Gasteiger charge is -2.11. The topological polar surface area (TPSA) is 63.2 Å². The predicted molar refractivity (Wildman–Crippen MR) is 91.9 cm³/mol. The molecule has 1 aromatic heterocycles. The predicted octanol–water partition coefficient (Wildman–Crippen LogP) is 3.00. The summed E-state index contributed by atoms with van der Waals surface area (Å²) in [4.78, 5) is 12.6. The summed E-state index contributed by atoms with van der Waals surface area (Å²) in [5.74, 6) is 0.303. The first-order valence-electron chi connectivity index (χ1n) is 7.61. The Bertz CT molecular complexity index is 824. The van der Waals surface area contributed by atoms with E-state index >= 15 is 0 Å². The third kappa shape index (κ3) is 3.64. The number of thiophene rings is 1. The van der Waals surface area contributed by atoms with Gasteiger partial charge in [-0.15, -0.1) is 11.3 Å². The first kappa shape index (κ1) is 16.2. The van der Waals surface area contributed by atoms with Gasteiger partial charge < -0.3 is 5.32 Å². The van der Waals surface area contributed by atoms with Crippen molar-refractivity contribution in [3.05, 3.63) is 52.4 Å². The third-order valence-electron chi connectivity index (χ3n) is 4.21. The van der Waals surface area contributed by atoms with Gasteiger partial charge in [-0.25, -0.2) is 8.42 Å². The van der Waals surface area contributed by atoms with Crippen LogP contribution >= 0.6 is 11.3 Å². The molecule has 1 heterocycles. The molecule has 0 radical (unpaired) electrons. The molecule has 0 aliphatic heterocycles. The van der Waals surface area contributed by atoms with Gasteiger partial charge >= 0.3 is 0 Å². The molecule has 1 atom stereocenters. The van der Waals surface area contributed by atoms with Gasteiger partial charge in [0, 0.05) is 12.8 Å². The Balaban J connectivity index is 1.55. The van der Waals surface area contributed by atoms with Crippen molar-refractivity contribution < 1.29 is 13.2 Å². The van der Waals surface area contributed by atoms with Crippen LogP contribution < -0.4 is 5.32 Å². The van der Waals surface area contributed by atoms with Crippen LogP contribution in [0.4, 0.5) is 0 Å². The number of carbonyl (C=O) groups is 1. The van der Waals surface area contributed by atoms with Crippen LogP contribution in [0.2, 0.25) is 0 Å². The molecule has 3 rings (SSSR count). The van der Waals surface area contributed by atoms with Crippen LogP contribution in [-0.2, 0) is 16.3 Å². The fourth-order valence-corrected chi connectivity index (χ4v) is 4.88. The van der Waals surface area contributed by atoms with Gasteiger partial charge in [0.15, 0.2) is 9.84 Å². The van der Waals surface area contributed by atoms with Crippen molar-refractivity contribution >= 4 is 27.1 Å². The lowest BCUT2D eigenvalue weighted by Crippen LogP contribution is -2.24. The summed E-state index contributed by atoms with van der Waals surface area (Å²) in [6.07, 6.45) is 4.30. The second-order valence-corrected chi connectivity index (χ2v) is 9.20. The number of hydrogen-bond donors (Lipinski definition) is 1. The summed E-state index contributed by atoms with van der Waals surface area (Å²) in [6, 6.07) is 11.5. The van der Waals surface area contributed by atoms with E-state index in [4.69, 9.17) is 0 Å². The van der Waals surface area contributed by atoms with Crippen LogP contribution in [0.15, 0.2) is 40.6 Å². The maximum absolute atomic E-state index is 12.1. The zero-order valence-corrected chi connectivity index (χ0v) is 14.5. The number of amides is 1. The first-order valence-corrected chi connectivity index (χ1v) is 10.3. The van der Waals surface area contributed by atoms with Crippen molar-refractivity contribution in [3.63, 3.8) is 0 Å². The fraction of sp³-hybridized carbons (Fsp3) is 0.353. The number of sulfone groups is 1. The maximum Gasteiger partial charge on any atom is 0.261 e. The van der Waals surface area contributed by atoms with Gasteiger partial charge in [0.2, 0.25) is 0 Å². The van der Waals surface area contributed by atoms with Crippen molar-refractivity contribution in [2.75, 3.05) is 12.8 Å². The molecule has 6 heteroatoms. The molecular weight excluding hydrogens is 330 g/mol. The molecule has 0 spiro atoms. The van der Waals surface area contributed by atoms with E-state index < -0.39 is 9.84 Å². The second-order valence-electron chi connectivity index (χ2n) is 5.87. The lowest BCUT2D eigenvalue weighted by molar-refractivity contribution is 0.0956. The molecule has 1 aromatic carbocycles. The third-order valence-corrected chi connectivity index (χ3v) is 7.11. The molecule has 1 amide bonds. The number of nitrogens with one attached hydrogen (secondary N) is 1. The normalized spacial score (nSPS) is 17.0. The Labute approximate surface area is 140 Å². The largest absolute Gasteiger partial charge is 0.351 e. The van der Waals surface area contributed by atoms with Gasteiger partial charge in [-0.1, -0.05) is 24.3 Å². The molecule has 122 valence electrons. The average Bonchev–Trinajstić information content (AvgIpc) is 3.14. The van der Waals surface area contributed by atoms with Crippen LogP contribution in [0.5, 0.6) is 0 Å². The summed E-state index contributed by atoms with van der Waals surface area (Å²) in [5, 5.41) is 2.90. The van der Waals surface area contributed by atoms with E-state index in [2.05, 4.69) is 29.6 Å². The fourth-order valence-electron chi connectivity index (χ4n) is 3.03. The van der Waals surface area contributed by atoms with E-state index in [1.165, 1.54) is 17.2 Å². The van der Waals surface area contributed by atoms with Crippen molar-refractivity contribution in [3.8, 4) is 0 Å². The molecule has 23 heavy (non-hydrogen) atoms. The molecule has 1 aliphatic carbocycles. The summed E-state index contributed by atoms with van der Waals surface area (Å²) >= 11 is 1.02. The molecule has 1 aliphatic rings. The minimum Gasteiger partial charge on any atom is -0.351 e. The first-order chi connectivity index (χ1) is 10.9. The van der Waals surface area contributed by atoms with Crippen molar-refractivity contribution in [2.45, 2.75) is 29.4 Å². The molecule has 1 N–H and O–H groups in total. The number of benzene rings is 1. The van der Waals surface area contributed by atoms with E-state index in [1.807, 2.05) is 0 Å². The average molecular weight is 349 g/mol. The molecule has 2 aromatic rings. The van der Waals surface area contributed by atoms with Crippen LogP contribution in [0.25, 0.3) is 0 Å². The van der Waals surface area contributed by atoms with E-state index in [0.29, 0.717) is 17.3 Å². The molecule has 0 bridgehead atoms. The number of hydrogen-bond acceptors (Lipinski definition) is 4. The minimum atomic E-state index is -3.24. The molecule has 0 saturated carbocycles. The van der Waals surface area contributed by atoms with Crippen LogP contribution in [-0.4, -0.2) is 27.1 Å². The van der Waals surface area contributed by atoms with E-state index in [1.54, 1.807) is 6.07 Å². The Morgan fingerprint density at radius 2 is 2.04 bits per heavy atom. The number of rotatable bonds is 5. The number of carbonyl (C=O) groups excluding carboxylic acids is 1. The Morgan fingerprint density at radius 1 is 1.26 bits per heavy atom. The van der Waals surface area contributed by atoms with Crippen molar-refractivity contribution in [2.24, 2.45) is 0 Å². The number of aryl methyl sites for hydroxylation is 1. The minimum absolute atomic E-state index is 0.198. The van der Waals surface area contributed by atoms with Gasteiger partial charge in [0.05, 0.1) is 4.88 Å². The van der Waals surface area contributed by atoms with Gasteiger partial charge in [-0.3, -0.25) is 4.79 Å². The van der Waals surface area contributed by atoms with Gasteiger partial charge in [-0.05, 0) is 48.4 Å². The van der Waals surface area contributed by atoms with E-state index in [0.717, 1.165) is 36.9 Å². The summed E-state index contributed by atoms with van der Waals surface area (Å²) in [7, 11) is -3.24. The molecule has 4 nitrogen and oxygen atoms in total. The molecule has 0 saturated heterocycles. The highest BCUT2D eigenvalue weighted by Gasteiger charge is 2.22. The van der Waals surface area contributed by atoms with Gasteiger partial charge in [-0.2, -0.15) is 0 Å². The molecule has 0 fully saturated rings. The number of fused-ring (bicyclic) bond motifs is 1. The van der Waals surface area contributed by atoms with Gasteiger partial charge in [0.25, 0.3) is 5.91 Å². The molecular formula is C17H19NO3S2. The SMILES string of the molecule is CS(=O)(=O)c1ccc(C(=O)NCC[C@H]2CCc3ccccc32)s1. The smallest absolute Gasteiger partial charge is 0.261 e.